The first-order valence-corrected chi connectivity index (χ1v) is 10.1. The average Bonchev–Trinajstić information content (AvgIpc) is 3.23. The largest absolute Gasteiger partial charge is 0.312 e. The molecule has 152 valence electrons. The highest BCUT2D eigenvalue weighted by Gasteiger charge is 2.23. The van der Waals surface area contributed by atoms with Gasteiger partial charge in [0.15, 0.2) is 5.13 Å². The summed E-state index contributed by atoms with van der Waals surface area (Å²) in [5.41, 5.74) is 3.92. The van der Waals surface area contributed by atoms with Crippen LogP contribution in [-0.2, 0) is 6.54 Å². The molecule has 4 rings (SSSR count). The molecule has 0 fully saturated rings. The van der Waals surface area contributed by atoms with Crippen LogP contribution in [0.15, 0.2) is 42.5 Å². The van der Waals surface area contributed by atoms with Gasteiger partial charge in [0.1, 0.15) is 11.4 Å². The zero-order chi connectivity index (χ0) is 21.4. The van der Waals surface area contributed by atoms with Crippen LogP contribution in [0.3, 0.4) is 0 Å². The number of rotatable bonds is 5. The monoisotopic (exact) mass is 421 g/mol. The molecule has 2 aromatic heterocycles. The number of nitrogens with one attached hydrogen (secondary N) is 1. The van der Waals surface area contributed by atoms with Crippen molar-refractivity contribution in [3.8, 4) is 0 Å². The van der Waals surface area contributed by atoms with Crippen molar-refractivity contribution in [3.05, 3.63) is 80.7 Å². The number of carbonyl (C=O) groups excluding carboxylic acids is 1. The third-order valence-corrected chi connectivity index (χ3v) is 5.89. The van der Waals surface area contributed by atoms with Gasteiger partial charge < -0.3 is 0 Å². The Hall–Kier alpha value is -3.59. The molecule has 0 radical (unpaired) electrons. The Labute approximate surface area is 176 Å². The van der Waals surface area contributed by atoms with Crippen LogP contribution >= 0.6 is 11.3 Å². The lowest BCUT2D eigenvalue weighted by Gasteiger charge is -2.10. The number of para-hydroxylation sites is 1. The van der Waals surface area contributed by atoms with E-state index in [0.29, 0.717) is 27.6 Å². The van der Waals surface area contributed by atoms with Gasteiger partial charge >= 0.3 is 5.69 Å². The first kappa shape index (κ1) is 19.7. The summed E-state index contributed by atoms with van der Waals surface area (Å²) in [6, 6.07) is 13.1. The quantitative estimate of drug-likeness (QED) is 0.374. The molecule has 0 saturated carbocycles. The summed E-state index contributed by atoms with van der Waals surface area (Å²) in [6.07, 6.45) is 0. The number of hydrogen-bond donors (Lipinski definition) is 1. The predicted octanol–water partition coefficient (Wildman–Crippen LogP) is 4.63. The highest BCUT2D eigenvalue weighted by molar-refractivity contribution is 7.22. The molecule has 0 aliphatic heterocycles. The molecule has 0 saturated heterocycles. The van der Waals surface area contributed by atoms with Gasteiger partial charge in [-0.1, -0.05) is 41.7 Å². The molecule has 4 aromatic rings. The number of amides is 1. The Bertz CT molecular complexity index is 1290. The second-order valence-corrected chi connectivity index (χ2v) is 8.02. The highest BCUT2D eigenvalue weighted by atomic mass is 32.1. The van der Waals surface area contributed by atoms with Crippen molar-refractivity contribution in [2.75, 3.05) is 5.32 Å². The molecule has 1 N–H and O–H groups in total. The molecular weight excluding hydrogens is 402 g/mol. The molecule has 0 unspecified atom stereocenters. The van der Waals surface area contributed by atoms with E-state index in [1.165, 1.54) is 11.3 Å². The number of nitrogens with zero attached hydrogens (tertiary/aromatic N) is 4. The van der Waals surface area contributed by atoms with Crippen molar-refractivity contribution in [1.29, 1.82) is 0 Å². The summed E-state index contributed by atoms with van der Waals surface area (Å²) in [5, 5.41) is 19.0. The second-order valence-electron chi connectivity index (χ2n) is 6.99. The number of aromatic nitrogens is 3. The Balaban J connectivity index is 1.63. The van der Waals surface area contributed by atoms with E-state index in [0.717, 1.165) is 15.8 Å². The fourth-order valence-electron chi connectivity index (χ4n) is 3.45. The van der Waals surface area contributed by atoms with Gasteiger partial charge in [-0.3, -0.25) is 24.9 Å². The van der Waals surface area contributed by atoms with Crippen LogP contribution in [0.2, 0.25) is 0 Å². The minimum absolute atomic E-state index is 0.00165. The van der Waals surface area contributed by atoms with Crippen molar-refractivity contribution in [3.63, 3.8) is 0 Å². The number of aryl methyl sites for hydroxylation is 2. The van der Waals surface area contributed by atoms with Gasteiger partial charge in [-0.25, -0.2) is 4.98 Å². The van der Waals surface area contributed by atoms with Crippen molar-refractivity contribution in [1.82, 2.24) is 14.8 Å². The van der Waals surface area contributed by atoms with E-state index in [1.807, 2.05) is 37.3 Å². The van der Waals surface area contributed by atoms with Crippen molar-refractivity contribution in [2.45, 2.75) is 27.3 Å². The molecule has 0 bridgehead atoms. The van der Waals surface area contributed by atoms with Gasteiger partial charge in [0.05, 0.1) is 21.7 Å². The zero-order valence-corrected chi connectivity index (χ0v) is 17.5. The van der Waals surface area contributed by atoms with E-state index >= 15 is 0 Å². The van der Waals surface area contributed by atoms with Gasteiger partial charge in [0, 0.05) is 5.56 Å². The van der Waals surface area contributed by atoms with Gasteiger partial charge in [-0.05, 0) is 44.0 Å². The Morgan fingerprint density at radius 2 is 1.93 bits per heavy atom. The number of hydrogen-bond acceptors (Lipinski definition) is 6. The van der Waals surface area contributed by atoms with E-state index < -0.39 is 4.92 Å². The Morgan fingerprint density at radius 1 is 1.17 bits per heavy atom. The summed E-state index contributed by atoms with van der Waals surface area (Å²) in [4.78, 5) is 28.3. The fourth-order valence-corrected chi connectivity index (χ4v) is 4.39. The third-order valence-electron chi connectivity index (χ3n) is 4.95. The summed E-state index contributed by atoms with van der Waals surface area (Å²) < 4.78 is 2.56. The van der Waals surface area contributed by atoms with Crippen LogP contribution in [0.5, 0.6) is 0 Å². The first-order valence-electron chi connectivity index (χ1n) is 9.29. The minimum Gasteiger partial charge on any atom is -0.298 e. The molecule has 0 atom stereocenters. The molecule has 0 aliphatic carbocycles. The highest BCUT2D eigenvalue weighted by Crippen LogP contribution is 2.29. The van der Waals surface area contributed by atoms with Crippen LogP contribution in [0.4, 0.5) is 10.8 Å². The van der Waals surface area contributed by atoms with Gasteiger partial charge in [-0.2, -0.15) is 5.10 Å². The summed E-state index contributed by atoms with van der Waals surface area (Å²) >= 11 is 1.42. The van der Waals surface area contributed by atoms with E-state index in [1.54, 1.807) is 30.7 Å². The van der Waals surface area contributed by atoms with E-state index in [-0.39, 0.29) is 18.1 Å². The van der Waals surface area contributed by atoms with Crippen molar-refractivity contribution >= 4 is 38.3 Å². The van der Waals surface area contributed by atoms with E-state index in [4.69, 9.17) is 0 Å². The number of thiazole rings is 1. The normalized spacial score (nSPS) is 11.0. The van der Waals surface area contributed by atoms with E-state index in [9.17, 15) is 14.9 Å². The topological polar surface area (TPSA) is 103 Å². The minimum atomic E-state index is -0.429. The average molecular weight is 421 g/mol. The van der Waals surface area contributed by atoms with Gasteiger partial charge in [0.25, 0.3) is 5.91 Å². The third kappa shape index (κ3) is 3.55. The molecule has 1 amide bonds. The lowest BCUT2D eigenvalue weighted by Crippen LogP contribution is -2.16. The predicted molar refractivity (Wildman–Crippen MR) is 116 cm³/mol. The fraction of sp³-hybridized carbons (Fsp3) is 0.190. The molecule has 2 aromatic carbocycles. The standard InChI is InChI=1S/C21H19N5O3S/c1-12-7-6-10-17-18(12)22-21(30-17)23-20(27)16-9-5-4-8-15(16)11-25-14(3)19(26(28)29)13(2)24-25/h4-10H,11H2,1-3H3,(H,22,23,27). The molecule has 0 spiro atoms. The summed E-state index contributed by atoms with van der Waals surface area (Å²) in [7, 11) is 0. The van der Waals surface area contributed by atoms with Gasteiger partial charge in [0.2, 0.25) is 0 Å². The lowest BCUT2D eigenvalue weighted by molar-refractivity contribution is -0.386. The van der Waals surface area contributed by atoms with Gasteiger partial charge in [-0.15, -0.1) is 0 Å². The molecule has 30 heavy (non-hydrogen) atoms. The lowest BCUT2D eigenvalue weighted by atomic mass is 10.1. The van der Waals surface area contributed by atoms with Crippen LogP contribution in [0.1, 0.15) is 32.9 Å². The van der Waals surface area contributed by atoms with Crippen LogP contribution in [-0.4, -0.2) is 25.6 Å². The van der Waals surface area contributed by atoms with Crippen molar-refractivity contribution in [2.24, 2.45) is 0 Å². The smallest absolute Gasteiger partial charge is 0.298 e. The molecular formula is C21H19N5O3S. The number of nitro groups is 1. The summed E-state index contributed by atoms with van der Waals surface area (Å²) in [5.74, 6) is -0.279. The molecule has 8 nitrogen and oxygen atoms in total. The SMILES string of the molecule is Cc1nn(Cc2ccccc2C(=O)Nc2nc3c(C)cccc3s2)c(C)c1[N+](=O)[O-]. The number of anilines is 1. The maximum atomic E-state index is 13.0. The molecule has 2 heterocycles. The maximum Gasteiger partial charge on any atom is 0.312 e. The Morgan fingerprint density at radius 3 is 2.63 bits per heavy atom. The summed E-state index contributed by atoms with van der Waals surface area (Å²) in [6.45, 7) is 5.50. The van der Waals surface area contributed by atoms with Crippen LogP contribution < -0.4 is 5.32 Å². The number of carbonyl (C=O) groups is 1. The second kappa shape index (κ2) is 7.68. The number of benzene rings is 2. The van der Waals surface area contributed by atoms with E-state index in [2.05, 4.69) is 15.4 Å². The first-order chi connectivity index (χ1) is 14.3. The van der Waals surface area contributed by atoms with Crippen LogP contribution in [0, 0.1) is 30.9 Å². The molecule has 9 heteroatoms. The number of fused-ring (bicyclic) bond motifs is 1. The zero-order valence-electron chi connectivity index (χ0n) is 16.7. The van der Waals surface area contributed by atoms with Crippen LogP contribution in [0.25, 0.3) is 10.2 Å². The maximum absolute atomic E-state index is 13.0. The molecule has 0 aliphatic rings. The Kier molecular flexibility index (Phi) is 5.04. The van der Waals surface area contributed by atoms with Crippen molar-refractivity contribution < 1.29 is 9.72 Å².